The number of rotatable bonds is 3. The van der Waals surface area contributed by atoms with Crippen LogP contribution in [0.2, 0.25) is 0 Å². The molecule has 0 aliphatic carbocycles. The number of hydrogen-bond acceptors (Lipinski definition) is 3. The lowest BCUT2D eigenvalue weighted by molar-refractivity contribution is 0.0357. The minimum absolute atomic E-state index is 0.0582. The van der Waals surface area contributed by atoms with Crippen molar-refractivity contribution in [2.45, 2.75) is 25.3 Å². The minimum atomic E-state index is -0.170. The second-order valence-electron chi connectivity index (χ2n) is 4.25. The Bertz CT molecular complexity index is 339. The van der Waals surface area contributed by atoms with Crippen LogP contribution in [0.5, 0.6) is 0 Å². The summed E-state index contributed by atoms with van der Waals surface area (Å²) in [6, 6.07) is 3.40. The number of carbonyl (C=O) groups excluding carboxylic acids is 1. The predicted octanol–water partition coefficient (Wildman–Crippen LogP) is 1.23. The van der Waals surface area contributed by atoms with Gasteiger partial charge >= 0.3 is 0 Å². The summed E-state index contributed by atoms with van der Waals surface area (Å²) in [6.45, 7) is 3.38. The van der Waals surface area contributed by atoms with E-state index in [1.165, 1.54) is 6.26 Å². The molecule has 1 saturated heterocycles. The van der Waals surface area contributed by atoms with E-state index < -0.39 is 0 Å². The molecule has 0 spiro atoms. The topological polar surface area (TPSA) is 59.5 Å². The summed E-state index contributed by atoms with van der Waals surface area (Å²) in [5, 5.41) is 0. The van der Waals surface area contributed by atoms with Crippen molar-refractivity contribution in [3.63, 3.8) is 0 Å². The van der Waals surface area contributed by atoms with Crippen LogP contribution in [0.3, 0.4) is 0 Å². The van der Waals surface area contributed by atoms with E-state index in [1.54, 1.807) is 17.0 Å². The predicted molar refractivity (Wildman–Crippen MR) is 56.4 cm³/mol. The Hall–Kier alpha value is -1.29. The number of amides is 1. The summed E-state index contributed by atoms with van der Waals surface area (Å²) in [7, 11) is 0. The fraction of sp³-hybridized carbons (Fsp3) is 0.545. The van der Waals surface area contributed by atoms with Crippen molar-refractivity contribution in [3.8, 4) is 0 Å². The van der Waals surface area contributed by atoms with Gasteiger partial charge in [-0.05, 0) is 18.6 Å². The van der Waals surface area contributed by atoms with Gasteiger partial charge in [0.2, 0.25) is 0 Å². The molecule has 1 aromatic heterocycles. The van der Waals surface area contributed by atoms with Crippen LogP contribution >= 0.6 is 0 Å². The highest BCUT2D eigenvalue weighted by molar-refractivity contribution is 5.92. The highest BCUT2D eigenvalue weighted by Gasteiger charge is 2.41. The van der Waals surface area contributed by atoms with Crippen LogP contribution in [-0.2, 0) is 0 Å². The van der Waals surface area contributed by atoms with Crippen LogP contribution < -0.4 is 5.73 Å². The lowest BCUT2D eigenvalue weighted by Crippen LogP contribution is -2.68. The smallest absolute Gasteiger partial charge is 0.289 e. The first-order valence-corrected chi connectivity index (χ1v) is 5.26. The maximum atomic E-state index is 11.8. The molecule has 0 unspecified atom stereocenters. The lowest BCUT2D eigenvalue weighted by atomic mass is 9.86. The number of nitrogens with two attached hydrogens (primary N) is 1. The van der Waals surface area contributed by atoms with Gasteiger partial charge in [-0.3, -0.25) is 4.79 Å². The SMILES string of the molecule is CCCC1(N)CN(C(=O)c2ccco2)C1. The molecule has 2 rings (SSSR count). The van der Waals surface area contributed by atoms with E-state index in [4.69, 9.17) is 10.2 Å². The van der Waals surface area contributed by atoms with E-state index in [0.717, 1.165) is 12.8 Å². The molecule has 2 heterocycles. The quantitative estimate of drug-likeness (QED) is 0.812. The Morgan fingerprint density at radius 3 is 2.93 bits per heavy atom. The summed E-state index contributed by atoms with van der Waals surface area (Å²) >= 11 is 0. The normalized spacial score (nSPS) is 18.7. The Labute approximate surface area is 89.0 Å². The molecule has 0 atom stereocenters. The molecule has 1 aromatic rings. The van der Waals surface area contributed by atoms with E-state index >= 15 is 0 Å². The average Bonchev–Trinajstić information content (AvgIpc) is 2.66. The number of furan rings is 1. The number of likely N-dealkylation sites (tertiary alicyclic amines) is 1. The molecule has 0 radical (unpaired) electrons. The fourth-order valence-electron chi connectivity index (χ4n) is 2.07. The van der Waals surface area contributed by atoms with E-state index in [0.29, 0.717) is 18.8 Å². The molecule has 1 amide bonds. The third-order valence-electron chi connectivity index (χ3n) is 2.78. The fourth-order valence-corrected chi connectivity index (χ4v) is 2.07. The Morgan fingerprint density at radius 2 is 2.40 bits per heavy atom. The summed E-state index contributed by atoms with van der Waals surface area (Å²) in [4.78, 5) is 13.5. The highest BCUT2D eigenvalue weighted by Crippen LogP contribution is 2.24. The molecule has 1 aliphatic heterocycles. The number of nitrogens with zero attached hydrogens (tertiary/aromatic N) is 1. The largest absolute Gasteiger partial charge is 0.459 e. The number of hydrogen-bond donors (Lipinski definition) is 1. The van der Waals surface area contributed by atoms with Crippen molar-refractivity contribution in [2.24, 2.45) is 5.73 Å². The first-order valence-electron chi connectivity index (χ1n) is 5.26. The van der Waals surface area contributed by atoms with E-state index in [1.807, 2.05) is 0 Å². The molecule has 1 fully saturated rings. The second kappa shape index (κ2) is 3.70. The Morgan fingerprint density at radius 1 is 1.67 bits per heavy atom. The molecule has 0 saturated carbocycles. The van der Waals surface area contributed by atoms with Crippen LogP contribution in [0.4, 0.5) is 0 Å². The Balaban J connectivity index is 1.92. The molecular formula is C11H16N2O2. The van der Waals surface area contributed by atoms with E-state index in [2.05, 4.69) is 6.92 Å². The van der Waals surface area contributed by atoms with Crippen LogP contribution in [0, 0.1) is 0 Å². The lowest BCUT2D eigenvalue weighted by Gasteiger charge is -2.47. The van der Waals surface area contributed by atoms with Gasteiger partial charge in [-0.2, -0.15) is 0 Å². The molecule has 4 heteroatoms. The van der Waals surface area contributed by atoms with Crippen molar-refractivity contribution < 1.29 is 9.21 Å². The minimum Gasteiger partial charge on any atom is -0.459 e. The van der Waals surface area contributed by atoms with Gasteiger partial charge in [-0.25, -0.2) is 0 Å². The monoisotopic (exact) mass is 208 g/mol. The molecule has 0 bridgehead atoms. The van der Waals surface area contributed by atoms with Gasteiger partial charge in [0.15, 0.2) is 5.76 Å². The summed E-state index contributed by atoms with van der Waals surface area (Å²) in [6.07, 6.45) is 3.53. The maximum Gasteiger partial charge on any atom is 0.289 e. The molecule has 82 valence electrons. The summed E-state index contributed by atoms with van der Waals surface area (Å²) in [5.74, 6) is 0.339. The van der Waals surface area contributed by atoms with Crippen LogP contribution in [-0.4, -0.2) is 29.4 Å². The maximum absolute atomic E-state index is 11.8. The Kier molecular flexibility index (Phi) is 2.52. The van der Waals surface area contributed by atoms with Crippen molar-refractivity contribution >= 4 is 5.91 Å². The molecule has 1 aliphatic rings. The first-order chi connectivity index (χ1) is 7.14. The van der Waals surface area contributed by atoms with Crippen molar-refractivity contribution in [2.75, 3.05) is 13.1 Å². The van der Waals surface area contributed by atoms with Gasteiger partial charge in [-0.15, -0.1) is 0 Å². The number of carbonyl (C=O) groups is 1. The zero-order chi connectivity index (χ0) is 10.9. The van der Waals surface area contributed by atoms with Gasteiger partial charge in [0, 0.05) is 13.1 Å². The standard InChI is InChI=1S/C11H16N2O2/c1-2-5-11(12)7-13(8-11)10(14)9-4-3-6-15-9/h3-4,6H,2,5,7-8,12H2,1H3. The summed E-state index contributed by atoms with van der Waals surface area (Å²) in [5.41, 5.74) is 5.90. The zero-order valence-electron chi connectivity index (χ0n) is 8.90. The molecule has 2 N–H and O–H groups in total. The van der Waals surface area contributed by atoms with Crippen LogP contribution in [0.1, 0.15) is 30.3 Å². The van der Waals surface area contributed by atoms with Gasteiger partial charge < -0.3 is 15.1 Å². The van der Waals surface area contributed by atoms with E-state index in [9.17, 15) is 4.79 Å². The third-order valence-corrected chi connectivity index (χ3v) is 2.78. The average molecular weight is 208 g/mol. The third kappa shape index (κ3) is 1.90. The van der Waals surface area contributed by atoms with Gasteiger partial charge in [0.05, 0.1) is 11.8 Å². The van der Waals surface area contributed by atoms with Crippen molar-refractivity contribution in [3.05, 3.63) is 24.2 Å². The summed E-state index contributed by atoms with van der Waals surface area (Å²) < 4.78 is 5.05. The molecule has 15 heavy (non-hydrogen) atoms. The van der Waals surface area contributed by atoms with Gasteiger partial charge in [0.25, 0.3) is 5.91 Å². The van der Waals surface area contributed by atoms with Crippen molar-refractivity contribution in [1.29, 1.82) is 0 Å². The van der Waals surface area contributed by atoms with Crippen LogP contribution in [0.15, 0.2) is 22.8 Å². The van der Waals surface area contributed by atoms with Gasteiger partial charge in [0.1, 0.15) is 0 Å². The van der Waals surface area contributed by atoms with Gasteiger partial charge in [-0.1, -0.05) is 13.3 Å². The molecule has 0 aromatic carbocycles. The highest BCUT2D eigenvalue weighted by atomic mass is 16.3. The molecular weight excluding hydrogens is 192 g/mol. The van der Waals surface area contributed by atoms with Crippen molar-refractivity contribution in [1.82, 2.24) is 4.90 Å². The van der Waals surface area contributed by atoms with Crippen LogP contribution in [0.25, 0.3) is 0 Å². The second-order valence-corrected chi connectivity index (χ2v) is 4.25. The zero-order valence-corrected chi connectivity index (χ0v) is 8.90. The molecule has 4 nitrogen and oxygen atoms in total. The van der Waals surface area contributed by atoms with E-state index in [-0.39, 0.29) is 11.4 Å². The first kappa shape index (κ1) is 10.2.